The molecule has 5 nitrogen and oxygen atoms in total. The minimum Gasteiger partial charge on any atom is -0.480 e. The highest BCUT2D eigenvalue weighted by Gasteiger charge is 2.48. The molecule has 16 heavy (non-hydrogen) atoms. The van der Waals surface area contributed by atoms with Gasteiger partial charge in [0.2, 0.25) is 10.0 Å². The molecule has 0 spiro atoms. The molecule has 0 aromatic rings. The molecule has 1 unspecified atom stereocenters. The van der Waals surface area contributed by atoms with Crippen LogP contribution in [0.2, 0.25) is 0 Å². The van der Waals surface area contributed by atoms with Crippen molar-refractivity contribution in [2.45, 2.75) is 39.2 Å². The Balaban J connectivity index is 3.07. The lowest BCUT2D eigenvalue weighted by atomic mass is 9.90. The molecule has 1 N–H and O–H groups in total. The summed E-state index contributed by atoms with van der Waals surface area (Å²) in [6, 6.07) is 0. The van der Waals surface area contributed by atoms with Crippen LogP contribution in [0.25, 0.3) is 0 Å². The van der Waals surface area contributed by atoms with Gasteiger partial charge >= 0.3 is 5.97 Å². The van der Waals surface area contributed by atoms with E-state index in [4.69, 9.17) is 0 Å². The van der Waals surface area contributed by atoms with E-state index in [0.717, 1.165) is 4.31 Å². The molecule has 0 aliphatic carbocycles. The number of hydrogen-bond donors (Lipinski definition) is 1. The number of nitrogens with zero attached hydrogens (tertiary/aromatic N) is 1. The summed E-state index contributed by atoms with van der Waals surface area (Å²) in [5.41, 5.74) is -1.30. The lowest BCUT2D eigenvalue weighted by Gasteiger charge is -2.34. The van der Waals surface area contributed by atoms with Crippen molar-refractivity contribution in [1.82, 2.24) is 4.31 Å². The van der Waals surface area contributed by atoms with Gasteiger partial charge in [0, 0.05) is 6.54 Å². The standard InChI is InChI=1S/C10H19NO4S/c1-8(2)7-10(3,9(12)13)11-5-4-6-16(11,14)15/h8H,4-7H2,1-3H3,(H,12,13). The molecular formula is C10H19NO4S. The topological polar surface area (TPSA) is 74.7 Å². The second-order valence-corrected chi connectivity index (χ2v) is 6.93. The van der Waals surface area contributed by atoms with Gasteiger partial charge in [-0.15, -0.1) is 0 Å². The number of carbonyl (C=O) groups is 1. The molecule has 0 amide bonds. The lowest BCUT2D eigenvalue weighted by Crippen LogP contribution is -2.53. The van der Waals surface area contributed by atoms with Crippen LogP contribution < -0.4 is 0 Å². The van der Waals surface area contributed by atoms with Crippen molar-refractivity contribution < 1.29 is 18.3 Å². The third-order valence-corrected chi connectivity index (χ3v) is 4.98. The van der Waals surface area contributed by atoms with Crippen molar-refractivity contribution in [3.63, 3.8) is 0 Å². The van der Waals surface area contributed by atoms with Crippen LogP contribution in [0.5, 0.6) is 0 Å². The second kappa shape index (κ2) is 4.33. The van der Waals surface area contributed by atoms with E-state index in [0.29, 0.717) is 19.4 Å². The number of carboxylic acids is 1. The van der Waals surface area contributed by atoms with Crippen molar-refractivity contribution >= 4 is 16.0 Å². The summed E-state index contributed by atoms with van der Waals surface area (Å²) in [6.07, 6.45) is 0.852. The van der Waals surface area contributed by atoms with Crippen LogP contribution in [-0.2, 0) is 14.8 Å². The number of sulfonamides is 1. The van der Waals surface area contributed by atoms with E-state index in [-0.39, 0.29) is 11.7 Å². The maximum atomic E-state index is 11.8. The Kier molecular flexibility index (Phi) is 3.64. The third-order valence-electron chi connectivity index (χ3n) is 2.92. The predicted octanol–water partition coefficient (Wildman–Crippen LogP) is 0.911. The number of rotatable bonds is 4. The Hall–Kier alpha value is -0.620. The Morgan fingerprint density at radius 3 is 2.38 bits per heavy atom. The zero-order valence-corrected chi connectivity index (χ0v) is 10.7. The van der Waals surface area contributed by atoms with Gasteiger partial charge in [0.1, 0.15) is 5.54 Å². The van der Waals surface area contributed by atoms with Crippen LogP contribution in [-0.4, -0.2) is 41.6 Å². The van der Waals surface area contributed by atoms with Gasteiger partial charge in [-0.25, -0.2) is 8.42 Å². The average Bonchev–Trinajstić information content (AvgIpc) is 2.43. The normalized spacial score (nSPS) is 24.5. The summed E-state index contributed by atoms with van der Waals surface area (Å²) in [7, 11) is -3.38. The zero-order valence-electron chi connectivity index (χ0n) is 9.93. The fraction of sp³-hybridized carbons (Fsp3) is 0.900. The first-order chi connectivity index (χ1) is 7.20. The predicted molar refractivity (Wildman–Crippen MR) is 60.6 cm³/mol. The molecule has 1 rings (SSSR count). The molecule has 0 bridgehead atoms. The zero-order chi connectivity index (χ0) is 12.6. The summed E-state index contributed by atoms with van der Waals surface area (Å²) in [5, 5.41) is 9.27. The molecule has 1 atom stereocenters. The number of carboxylic acid groups (broad SMARTS) is 1. The van der Waals surface area contributed by atoms with Gasteiger partial charge in [-0.2, -0.15) is 4.31 Å². The molecule has 94 valence electrons. The van der Waals surface area contributed by atoms with Gasteiger partial charge in [-0.1, -0.05) is 13.8 Å². The fourth-order valence-corrected chi connectivity index (χ4v) is 4.17. The van der Waals surface area contributed by atoms with Crippen LogP contribution in [0, 0.1) is 5.92 Å². The van der Waals surface area contributed by atoms with Gasteiger partial charge in [-0.05, 0) is 25.7 Å². The molecule has 1 fully saturated rings. The first-order valence-electron chi connectivity index (χ1n) is 5.44. The highest BCUT2D eigenvalue weighted by atomic mass is 32.2. The molecule has 1 aliphatic rings. The van der Waals surface area contributed by atoms with E-state index in [1.54, 1.807) is 0 Å². The summed E-state index contributed by atoms with van der Waals surface area (Å²) >= 11 is 0. The molecular weight excluding hydrogens is 230 g/mol. The lowest BCUT2D eigenvalue weighted by molar-refractivity contribution is -0.148. The van der Waals surface area contributed by atoms with Gasteiger partial charge < -0.3 is 5.11 Å². The van der Waals surface area contributed by atoms with Crippen molar-refractivity contribution in [2.24, 2.45) is 5.92 Å². The van der Waals surface area contributed by atoms with E-state index in [9.17, 15) is 18.3 Å². The van der Waals surface area contributed by atoms with Crippen LogP contribution in [0.3, 0.4) is 0 Å². The maximum Gasteiger partial charge on any atom is 0.324 e. The highest BCUT2D eigenvalue weighted by molar-refractivity contribution is 7.89. The first-order valence-corrected chi connectivity index (χ1v) is 7.05. The second-order valence-electron chi connectivity index (χ2n) is 4.92. The summed E-state index contributed by atoms with van der Waals surface area (Å²) in [4.78, 5) is 11.3. The SMILES string of the molecule is CC(C)CC(C)(C(=O)O)N1CCCS1(=O)=O. The van der Waals surface area contributed by atoms with Gasteiger partial charge in [0.15, 0.2) is 0 Å². The number of hydrogen-bond acceptors (Lipinski definition) is 3. The van der Waals surface area contributed by atoms with Gasteiger partial charge in [-0.3, -0.25) is 4.79 Å². The molecule has 0 aromatic carbocycles. The van der Waals surface area contributed by atoms with Crippen molar-refractivity contribution in [3.8, 4) is 0 Å². The monoisotopic (exact) mass is 249 g/mol. The van der Waals surface area contributed by atoms with Crippen molar-refractivity contribution in [1.29, 1.82) is 0 Å². The van der Waals surface area contributed by atoms with Gasteiger partial charge in [0.05, 0.1) is 5.75 Å². The number of aliphatic carboxylic acids is 1. The molecule has 6 heteroatoms. The summed E-state index contributed by atoms with van der Waals surface area (Å²) in [5.74, 6) is -0.864. The van der Waals surface area contributed by atoms with E-state index < -0.39 is 21.5 Å². The van der Waals surface area contributed by atoms with Crippen molar-refractivity contribution in [3.05, 3.63) is 0 Å². The highest BCUT2D eigenvalue weighted by Crippen LogP contribution is 2.31. The van der Waals surface area contributed by atoms with Crippen LogP contribution in [0.4, 0.5) is 0 Å². The van der Waals surface area contributed by atoms with Crippen molar-refractivity contribution in [2.75, 3.05) is 12.3 Å². The van der Waals surface area contributed by atoms with Crippen LogP contribution in [0.15, 0.2) is 0 Å². The quantitative estimate of drug-likeness (QED) is 0.803. The maximum absolute atomic E-state index is 11.8. The first kappa shape index (κ1) is 13.4. The fourth-order valence-electron chi connectivity index (χ4n) is 2.28. The summed E-state index contributed by atoms with van der Waals surface area (Å²) in [6.45, 7) is 5.60. The minimum absolute atomic E-state index is 0.0635. The minimum atomic E-state index is -3.38. The smallest absolute Gasteiger partial charge is 0.324 e. The summed E-state index contributed by atoms with van der Waals surface area (Å²) < 4.78 is 24.7. The average molecular weight is 249 g/mol. The Labute approximate surface area is 96.5 Å². The van der Waals surface area contributed by atoms with Crippen LogP contribution >= 0.6 is 0 Å². The van der Waals surface area contributed by atoms with Crippen LogP contribution in [0.1, 0.15) is 33.6 Å². The Morgan fingerprint density at radius 1 is 1.50 bits per heavy atom. The molecule has 0 radical (unpaired) electrons. The Morgan fingerprint density at radius 2 is 2.06 bits per heavy atom. The molecule has 1 saturated heterocycles. The van der Waals surface area contributed by atoms with Gasteiger partial charge in [0.25, 0.3) is 0 Å². The third kappa shape index (κ3) is 2.38. The Bertz CT molecular complexity index is 376. The molecule has 1 heterocycles. The van der Waals surface area contributed by atoms with E-state index in [1.807, 2.05) is 13.8 Å². The van der Waals surface area contributed by atoms with E-state index >= 15 is 0 Å². The molecule has 1 aliphatic heterocycles. The largest absolute Gasteiger partial charge is 0.480 e. The van der Waals surface area contributed by atoms with E-state index in [1.165, 1.54) is 6.92 Å². The van der Waals surface area contributed by atoms with E-state index in [2.05, 4.69) is 0 Å². The molecule has 0 aromatic heterocycles. The molecule has 0 saturated carbocycles.